The predicted octanol–water partition coefficient (Wildman–Crippen LogP) is 2.93. The zero-order valence-electron chi connectivity index (χ0n) is 18.9. The second kappa shape index (κ2) is 9.11. The van der Waals surface area contributed by atoms with Gasteiger partial charge in [-0.05, 0) is 49.2 Å². The molecule has 0 radical (unpaired) electrons. The number of benzene rings is 2. The number of likely N-dealkylation sites (N-methyl/N-ethyl adjacent to an activating group) is 1. The maximum Gasteiger partial charge on any atom is 0.265 e. The highest BCUT2D eigenvalue weighted by Crippen LogP contribution is 2.37. The SMILES string of the molecule is CC[C@H](C)c1ccc(S(=O)(=O)N2C[C@@H](C(=O)N3CCN(C)CC3)Oc3ccccc32)cc1. The molecule has 7 nitrogen and oxygen atoms in total. The first-order valence-corrected chi connectivity index (χ1v) is 12.6. The Balaban J connectivity index is 1.63. The number of carbonyl (C=O) groups excluding carboxylic acids is 1. The van der Waals surface area contributed by atoms with Gasteiger partial charge in [-0.3, -0.25) is 9.10 Å². The summed E-state index contributed by atoms with van der Waals surface area (Å²) in [5.41, 5.74) is 1.57. The molecular weight excluding hydrogens is 426 g/mol. The van der Waals surface area contributed by atoms with Gasteiger partial charge in [-0.15, -0.1) is 0 Å². The summed E-state index contributed by atoms with van der Waals surface area (Å²) in [6.45, 7) is 6.99. The number of fused-ring (bicyclic) bond motifs is 1. The first kappa shape index (κ1) is 22.6. The molecule has 8 heteroatoms. The minimum absolute atomic E-state index is 0.0440. The Labute approximate surface area is 190 Å². The standard InChI is InChI=1S/C24H31N3O4S/c1-4-18(2)19-9-11-20(12-10-19)32(29,30)27-17-23(31-22-8-6-5-7-21(22)27)24(28)26-15-13-25(3)14-16-26/h5-12,18,23H,4,13-17H2,1-3H3/t18-,23-/m0/s1. The molecule has 0 aromatic heterocycles. The summed E-state index contributed by atoms with van der Waals surface area (Å²) in [4.78, 5) is 17.3. The molecule has 2 aliphatic rings. The van der Waals surface area contributed by atoms with E-state index in [4.69, 9.17) is 4.74 Å². The van der Waals surface area contributed by atoms with Crippen molar-refractivity contribution < 1.29 is 17.9 Å². The summed E-state index contributed by atoms with van der Waals surface area (Å²) >= 11 is 0. The molecule has 2 atom stereocenters. The number of ether oxygens (including phenoxy) is 1. The zero-order chi connectivity index (χ0) is 22.9. The van der Waals surface area contributed by atoms with Crippen LogP contribution in [0.5, 0.6) is 5.75 Å². The molecule has 0 spiro atoms. The van der Waals surface area contributed by atoms with E-state index in [2.05, 4.69) is 18.7 Å². The normalized spacial score (nSPS) is 20.4. The minimum Gasteiger partial charge on any atom is -0.476 e. The molecule has 2 aliphatic heterocycles. The van der Waals surface area contributed by atoms with Crippen molar-refractivity contribution in [3.63, 3.8) is 0 Å². The van der Waals surface area contributed by atoms with E-state index in [1.54, 1.807) is 41.3 Å². The molecule has 2 heterocycles. The van der Waals surface area contributed by atoms with Crippen molar-refractivity contribution in [1.29, 1.82) is 0 Å². The molecule has 32 heavy (non-hydrogen) atoms. The van der Waals surface area contributed by atoms with Crippen LogP contribution in [0.25, 0.3) is 0 Å². The van der Waals surface area contributed by atoms with Crippen LogP contribution in [0.15, 0.2) is 53.4 Å². The van der Waals surface area contributed by atoms with Crippen molar-refractivity contribution in [2.45, 2.75) is 37.2 Å². The highest BCUT2D eigenvalue weighted by Gasteiger charge is 2.39. The van der Waals surface area contributed by atoms with Gasteiger partial charge < -0.3 is 14.5 Å². The number of rotatable bonds is 5. The summed E-state index contributed by atoms with van der Waals surface area (Å²) < 4.78 is 34.6. The number of anilines is 1. The summed E-state index contributed by atoms with van der Waals surface area (Å²) in [7, 11) is -1.83. The van der Waals surface area contributed by atoms with Crippen LogP contribution in [0.1, 0.15) is 31.7 Å². The van der Waals surface area contributed by atoms with Crippen molar-refractivity contribution in [2.24, 2.45) is 0 Å². The smallest absolute Gasteiger partial charge is 0.265 e. The number of nitrogens with zero attached hydrogens (tertiary/aromatic N) is 3. The molecule has 4 rings (SSSR count). The quantitative estimate of drug-likeness (QED) is 0.691. The van der Waals surface area contributed by atoms with E-state index in [1.165, 1.54) is 4.31 Å². The molecular formula is C24H31N3O4S. The Kier molecular flexibility index (Phi) is 6.44. The Morgan fingerprint density at radius 2 is 1.72 bits per heavy atom. The van der Waals surface area contributed by atoms with Crippen molar-refractivity contribution in [3.05, 3.63) is 54.1 Å². The van der Waals surface area contributed by atoms with E-state index in [0.717, 1.165) is 25.1 Å². The minimum atomic E-state index is -3.86. The largest absolute Gasteiger partial charge is 0.476 e. The number of amides is 1. The lowest BCUT2D eigenvalue weighted by atomic mass is 9.99. The van der Waals surface area contributed by atoms with Gasteiger partial charge in [-0.2, -0.15) is 0 Å². The van der Waals surface area contributed by atoms with Crippen LogP contribution >= 0.6 is 0 Å². The summed E-state index contributed by atoms with van der Waals surface area (Å²) in [6, 6.07) is 14.1. The molecule has 0 unspecified atom stereocenters. The predicted molar refractivity (Wildman–Crippen MR) is 125 cm³/mol. The van der Waals surface area contributed by atoms with Gasteiger partial charge in [0.15, 0.2) is 6.10 Å². The number of piperazine rings is 1. The number of carbonyl (C=O) groups is 1. The third-order valence-corrected chi connectivity index (χ3v) is 8.27. The van der Waals surface area contributed by atoms with Crippen LogP contribution in [0.3, 0.4) is 0 Å². The Hall–Kier alpha value is -2.58. The highest BCUT2D eigenvalue weighted by atomic mass is 32.2. The molecule has 1 saturated heterocycles. The van der Waals surface area contributed by atoms with Gasteiger partial charge in [0.2, 0.25) is 0 Å². The fraction of sp³-hybridized carbons (Fsp3) is 0.458. The molecule has 0 bridgehead atoms. The van der Waals surface area contributed by atoms with E-state index >= 15 is 0 Å². The zero-order valence-corrected chi connectivity index (χ0v) is 19.7. The van der Waals surface area contributed by atoms with Gasteiger partial charge in [-0.1, -0.05) is 38.1 Å². The average molecular weight is 458 g/mol. The Morgan fingerprint density at radius 3 is 2.38 bits per heavy atom. The van der Waals surface area contributed by atoms with Crippen molar-refractivity contribution in [3.8, 4) is 5.75 Å². The molecule has 1 fully saturated rings. The third kappa shape index (κ3) is 4.34. The molecule has 2 aromatic carbocycles. The molecule has 0 aliphatic carbocycles. The first-order valence-electron chi connectivity index (χ1n) is 11.2. The molecule has 0 saturated carbocycles. The number of hydrogen-bond acceptors (Lipinski definition) is 5. The van der Waals surface area contributed by atoms with Gasteiger partial charge in [0, 0.05) is 26.2 Å². The summed E-state index contributed by atoms with van der Waals surface area (Å²) in [5, 5.41) is 0. The maximum absolute atomic E-state index is 13.6. The van der Waals surface area contributed by atoms with Crippen LogP contribution in [0.2, 0.25) is 0 Å². The van der Waals surface area contributed by atoms with Gasteiger partial charge in [0.25, 0.3) is 15.9 Å². The van der Waals surface area contributed by atoms with Crippen LogP contribution < -0.4 is 9.04 Å². The highest BCUT2D eigenvalue weighted by molar-refractivity contribution is 7.92. The van der Waals surface area contributed by atoms with E-state index < -0.39 is 16.1 Å². The fourth-order valence-corrected chi connectivity index (χ4v) is 5.60. The van der Waals surface area contributed by atoms with Crippen molar-refractivity contribution in [1.82, 2.24) is 9.80 Å². The van der Waals surface area contributed by atoms with E-state index in [0.29, 0.717) is 30.4 Å². The monoisotopic (exact) mass is 457 g/mol. The molecule has 1 amide bonds. The maximum atomic E-state index is 13.6. The lowest BCUT2D eigenvalue weighted by Gasteiger charge is -2.39. The van der Waals surface area contributed by atoms with Crippen LogP contribution in [-0.2, 0) is 14.8 Å². The average Bonchev–Trinajstić information content (AvgIpc) is 2.83. The van der Waals surface area contributed by atoms with E-state index in [-0.39, 0.29) is 17.3 Å². The van der Waals surface area contributed by atoms with Crippen molar-refractivity contribution in [2.75, 3.05) is 44.1 Å². The number of sulfonamides is 1. The second-order valence-corrected chi connectivity index (χ2v) is 10.5. The van der Waals surface area contributed by atoms with E-state index in [9.17, 15) is 13.2 Å². The third-order valence-electron chi connectivity index (χ3n) is 6.47. The van der Waals surface area contributed by atoms with E-state index in [1.807, 2.05) is 19.2 Å². The van der Waals surface area contributed by atoms with Crippen LogP contribution in [0.4, 0.5) is 5.69 Å². The van der Waals surface area contributed by atoms with Gasteiger partial charge >= 0.3 is 0 Å². The Bertz CT molecular complexity index is 1060. The fourth-order valence-electron chi connectivity index (χ4n) is 4.12. The van der Waals surface area contributed by atoms with Crippen LogP contribution in [0, 0.1) is 0 Å². The molecule has 172 valence electrons. The lowest BCUT2D eigenvalue weighted by molar-refractivity contribution is -0.140. The number of hydrogen-bond donors (Lipinski definition) is 0. The van der Waals surface area contributed by atoms with Crippen LogP contribution in [-0.4, -0.2) is 70.0 Å². The number of para-hydroxylation sites is 2. The molecule has 0 N–H and O–H groups in total. The second-order valence-electron chi connectivity index (χ2n) is 8.62. The summed E-state index contributed by atoms with van der Waals surface area (Å²) in [5.74, 6) is 0.604. The topological polar surface area (TPSA) is 70.2 Å². The summed E-state index contributed by atoms with van der Waals surface area (Å²) in [6.07, 6.45) is 0.112. The Morgan fingerprint density at radius 1 is 1.06 bits per heavy atom. The van der Waals surface area contributed by atoms with Crippen molar-refractivity contribution >= 4 is 21.6 Å². The van der Waals surface area contributed by atoms with Gasteiger partial charge in [0.1, 0.15) is 5.75 Å². The first-order chi connectivity index (χ1) is 15.3. The lowest BCUT2D eigenvalue weighted by Crippen LogP contribution is -2.55. The van der Waals surface area contributed by atoms with Gasteiger partial charge in [-0.25, -0.2) is 8.42 Å². The molecule has 2 aromatic rings. The van der Waals surface area contributed by atoms with Gasteiger partial charge in [0.05, 0.1) is 17.1 Å².